The van der Waals surface area contributed by atoms with Crippen molar-refractivity contribution in [3.63, 3.8) is 0 Å². The van der Waals surface area contributed by atoms with Gasteiger partial charge in [0.15, 0.2) is 24.8 Å². The molecule has 1 atom stereocenters. The summed E-state index contributed by atoms with van der Waals surface area (Å²) in [7, 11) is 7.15. The smallest absolute Gasteiger partial charge is 0.201 e. The van der Waals surface area contributed by atoms with E-state index in [0.717, 1.165) is 61.7 Å². The summed E-state index contributed by atoms with van der Waals surface area (Å²) in [6, 6.07) is 33.5. The fraction of sp³-hybridized carbons (Fsp3) is 0.312. The Morgan fingerprint density at radius 2 is 0.794 bits per heavy atom. The molecule has 0 saturated heterocycles. The Labute approximate surface area is 447 Å². The highest BCUT2D eigenvalue weighted by atomic mass is 14.9. The quantitative estimate of drug-likeness (QED) is 0.142. The van der Waals surface area contributed by atoms with Crippen LogP contribution in [0, 0.1) is 62.0 Å². The molecule has 0 aliphatic heterocycles. The Kier molecular flexibility index (Phi) is 9.47. The van der Waals surface area contributed by atoms with Gasteiger partial charge in [-0.2, -0.15) is 0 Å². The molecule has 0 aliphatic carbocycles. The third kappa shape index (κ3) is 13.8. The van der Waals surface area contributed by atoms with Crippen molar-refractivity contribution in [2.45, 2.75) is 108 Å². The SMILES string of the molecule is [2H]C([2H])([2H])c1ccc(-c2ccc(C([2H])(C)C([2H])([2H])[2H])cc2C)[n+](C)c1.[2H]C([2H])([2H])c1ccc(-c2ccc(C([2H])([2H])C([2H])([2H])[2H])cc2C)[n+](C)c1.[2H]C([2H])([2H])c1ccc(-c2ccc(C([2H])([2H])C)c[n+]2C)c(C)c1.[2H]C([2H])([2H])c1ccc(-c2ccc(C([2H])([2H])[2H])c[n+]2C)c(C)c1. The Hall–Kier alpha value is -6.52. The van der Waals surface area contributed by atoms with Gasteiger partial charge in [0.05, 0.1) is 0 Å². The summed E-state index contributed by atoms with van der Waals surface area (Å²) in [6.07, 6.45) is 2.63. The van der Waals surface area contributed by atoms with Crippen molar-refractivity contribution >= 4 is 0 Å². The zero-order valence-corrected chi connectivity index (χ0v) is 40.6. The van der Waals surface area contributed by atoms with Gasteiger partial charge in [-0.1, -0.05) is 87.2 Å². The van der Waals surface area contributed by atoms with E-state index in [1.807, 2.05) is 44.5 Å². The summed E-state index contributed by atoms with van der Waals surface area (Å²) >= 11 is 0. The monoisotopic (exact) mass is 931 g/mol. The molecule has 4 heteroatoms. The summed E-state index contributed by atoms with van der Waals surface area (Å²) in [6.45, 7) is -5.64. The molecule has 0 amide bonds. The fourth-order valence-electron chi connectivity index (χ4n) is 7.81. The van der Waals surface area contributed by atoms with Crippen LogP contribution in [0.1, 0.15) is 136 Å². The van der Waals surface area contributed by atoms with Crippen molar-refractivity contribution in [1.29, 1.82) is 0 Å². The standard InChI is InChI=1S/C17H22N.2C16H20N.C15H18N/c1-12(2)15-7-8-16(14(4)10-15)17-9-6-13(3)11-18(17)5;1-5-14-7-8-15(13(3)10-14)16-9-6-12(2)11-17(16)4;1-5-14-7-9-16(17(4)11-14)15-8-6-12(2)10-13(15)3;1-11-5-7-14(13(3)9-11)15-8-6-12(2)10-16(15)4/h6-12H,1-5H3;2*6-11H,5H2,1-4H3;5-10H,1-4H3/q4*+1/i1D3,3D3,12D;1D3,2D3,5D2;2D3,5D2;1D3,2D3. The molecule has 352 valence electrons. The first kappa shape index (κ1) is 26.9. The molecule has 4 heterocycles. The Morgan fingerprint density at radius 1 is 0.426 bits per heavy atom. The molecule has 0 aliphatic rings. The molecule has 8 rings (SSSR count). The predicted octanol–water partition coefficient (Wildman–Crippen LogP) is 13.7. The van der Waals surface area contributed by atoms with Gasteiger partial charge in [0.1, 0.15) is 28.2 Å². The number of hydrogen-bond donors (Lipinski definition) is 0. The highest BCUT2D eigenvalue weighted by Crippen LogP contribution is 2.26. The second-order valence-electron chi connectivity index (χ2n) is 16.8. The molecule has 8 aromatic rings. The zero-order chi connectivity index (χ0) is 71.8. The maximum Gasteiger partial charge on any atom is 0.212 e. The Balaban J connectivity index is 0.000000227. The number of pyridine rings is 4. The molecule has 0 bridgehead atoms. The molecule has 0 spiro atoms. The lowest BCUT2D eigenvalue weighted by molar-refractivity contribution is -0.660. The molecule has 0 N–H and O–H groups in total. The van der Waals surface area contributed by atoms with Crippen molar-refractivity contribution in [3.05, 3.63) is 213 Å². The van der Waals surface area contributed by atoms with Gasteiger partial charge >= 0.3 is 0 Å². The highest BCUT2D eigenvalue weighted by molar-refractivity contribution is 5.64. The van der Waals surface area contributed by atoms with Gasteiger partial charge in [-0.15, -0.1) is 0 Å². The van der Waals surface area contributed by atoms with Crippen LogP contribution < -0.4 is 18.3 Å². The lowest BCUT2D eigenvalue weighted by Crippen LogP contribution is -2.31. The third-order valence-electron chi connectivity index (χ3n) is 11.4. The van der Waals surface area contributed by atoms with Crippen LogP contribution in [0.2, 0.25) is 0 Å². The maximum absolute atomic E-state index is 8.20. The Bertz CT molecular complexity index is 3630. The van der Waals surface area contributed by atoms with Gasteiger partial charge in [0.25, 0.3) is 0 Å². The molecule has 4 nitrogen and oxygen atoms in total. The minimum absolute atomic E-state index is 0.0931. The van der Waals surface area contributed by atoms with Gasteiger partial charge < -0.3 is 0 Å². The van der Waals surface area contributed by atoms with Crippen LogP contribution in [-0.2, 0) is 40.9 Å². The second kappa shape index (κ2) is 24.0. The predicted molar refractivity (Wildman–Crippen MR) is 288 cm³/mol. The molecule has 4 aromatic heterocycles. The zero-order valence-electron chi connectivity index (χ0n) is 66.6. The summed E-state index contributed by atoms with van der Waals surface area (Å²) < 4.78 is 203. The van der Waals surface area contributed by atoms with E-state index in [0.29, 0.717) is 27.8 Å². The lowest BCUT2D eigenvalue weighted by atomic mass is 9.96. The minimum atomic E-state index is -2.76. The second-order valence-corrected chi connectivity index (χ2v) is 16.8. The van der Waals surface area contributed by atoms with E-state index in [1.54, 1.807) is 151 Å². The number of nitrogens with zero attached hydrogens (tertiary/aromatic N) is 4. The van der Waals surface area contributed by atoms with Crippen molar-refractivity contribution in [3.8, 4) is 45.0 Å². The van der Waals surface area contributed by atoms with E-state index in [4.69, 9.17) is 35.6 Å². The summed E-state index contributed by atoms with van der Waals surface area (Å²) in [4.78, 5) is 0. The van der Waals surface area contributed by atoms with Gasteiger partial charge in [0, 0.05) is 104 Å². The van der Waals surface area contributed by atoms with E-state index >= 15 is 0 Å². The minimum Gasteiger partial charge on any atom is -0.201 e. The van der Waals surface area contributed by atoms with Crippen LogP contribution in [0.25, 0.3) is 45.0 Å². The number of aryl methyl sites for hydroxylation is 15. The average Bonchev–Trinajstić information content (AvgIpc) is 0.794. The highest BCUT2D eigenvalue weighted by Gasteiger charge is 2.16. The molecule has 0 radical (unpaired) electrons. The normalized spacial score (nSPS) is 18.9. The first-order chi connectivity index (χ1) is 42.5. The first-order valence-corrected chi connectivity index (χ1v) is 22.0. The Morgan fingerprint density at radius 3 is 1.15 bits per heavy atom. The molecule has 0 fully saturated rings. The van der Waals surface area contributed by atoms with Crippen molar-refractivity contribution in [1.82, 2.24) is 0 Å². The summed E-state index contributed by atoms with van der Waals surface area (Å²) in [5.74, 6) is -1.69. The summed E-state index contributed by atoms with van der Waals surface area (Å²) in [5.41, 5.74) is 12.6. The van der Waals surface area contributed by atoms with Gasteiger partial charge in [0.2, 0.25) is 22.8 Å². The van der Waals surface area contributed by atoms with Crippen molar-refractivity contribution < 1.29 is 53.9 Å². The van der Waals surface area contributed by atoms with Crippen LogP contribution in [0.15, 0.2) is 146 Å². The van der Waals surface area contributed by atoms with E-state index < -0.39 is 66.6 Å². The lowest BCUT2D eigenvalue weighted by Gasteiger charge is -2.10. The van der Waals surface area contributed by atoms with E-state index in [-0.39, 0.29) is 22.3 Å². The number of benzene rings is 4. The van der Waals surface area contributed by atoms with E-state index in [9.17, 15) is 0 Å². The van der Waals surface area contributed by atoms with Crippen LogP contribution in [0.5, 0.6) is 0 Å². The maximum atomic E-state index is 8.20. The van der Waals surface area contributed by atoms with Gasteiger partial charge in [-0.25, -0.2) is 18.3 Å². The van der Waals surface area contributed by atoms with Crippen LogP contribution in [0.3, 0.4) is 0 Å². The molecule has 0 saturated carbocycles. The van der Waals surface area contributed by atoms with Gasteiger partial charge in [-0.3, -0.25) is 0 Å². The number of hydrogen-bond acceptors (Lipinski definition) is 0. The summed E-state index contributed by atoms with van der Waals surface area (Å²) in [5, 5.41) is 0. The molecular formula is C64H80N4+4. The van der Waals surface area contributed by atoms with E-state index in [1.165, 1.54) is 38.2 Å². The van der Waals surface area contributed by atoms with E-state index in [2.05, 4.69) is 0 Å². The molecule has 68 heavy (non-hydrogen) atoms. The molecule has 4 aromatic carbocycles. The topological polar surface area (TPSA) is 15.5 Å². The van der Waals surface area contributed by atoms with Crippen LogP contribution >= 0.6 is 0 Å². The van der Waals surface area contributed by atoms with Crippen LogP contribution in [-0.4, -0.2) is 0 Å². The first-order valence-electron chi connectivity index (χ1n) is 35.0. The third-order valence-corrected chi connectivity index (χ3v) is 11.4. The number of rotatable bonds is 7. The largest absolute Gasteiger partial charge is 0.212 e. The van der Waals surface area contributed by atoms with Crippen molar-refractivity contribution in [2.75, 3.05) is 0 Å². The van der Waals surface area contributed by atoms with Crippen LogP contribution in [0.4, 0.5) is 0 Å². The molecule has 1 unspecified atom stereocenters. The van der Waals surface area contributed by atoms with Gasteiger partial charge in [-0.05, 0) is 163 Å². The molecular weight excluding hydrogens is 825 g/mol. The average molecular weight is 932 g/mol. The fourth-order valence-corrected chi connectivity index (χ4v) is 7.81. The number of aromatic nitrogens is 4. The van der Waals surface area contributed by atoms with Crippen molar-refractivity contribution in [2.24, 2.45) is 28.2 Å².